The number of pyridine rings is 1. The van der Waals surface area contributed by atoms with Gasteiger partial charge in [0.25, 0.3) is 5.91 Å². The number of hydrogen-bond donors (Lipinski definition) is 1. The summed E-state index contributed by atoms with van der Waals surface area (Å²) in [5.74, 6) is 0.265. The van der Waals surface area contributed by atoms with Gasteiger partial charge in [-0.05, 0) is 66.8 Å². The molecule has 0 radical (unpaired) electrons. The van der Waals surface area contributed by atoms with Gasteiger partial charge >= 0.3 is 0 Å². The smallest absolute Gasteiger partial charge is 0.255 e. The molecule has 4 rings (SSSR count). The molecule has 1 heterocycles. The third-order valence-corrected chi connectivity index (χ3v) is 5.30. The number of carbonyl (C=O) groups excluding carboxylic acids is 2. The molecular weight excluding hydrogens is 411 g/mol. The maximum atomic E-state index is 14.0. The molecule has 0 aliphatic heterocycles. The molecule has 6 nitrogen and oxygen atoms in total. The zero-order valence-electron chi connectivity index (χ0n) is 17.6. The van der Waals surface area contributed by atoms with Gasteiger partial charge in [-0.1, -0.05) is 6.07 Å². The molecule has 0 bridgehead atoms. The van der Waals surface area contributed by atoms with Crippen LogP contribution in [0.5, 0.6) is 11.5 Å². The molecule has 1 amide bonds. The summed E-state index contributed by atoms with van der Waals surface area (Å²) in [4.78, 5) is 28.8. The summed E-state index contributed by atoms with van der Waals surface area (Å²) in [7, 11) is 1.40. The van der Waals surface area contributed by atoms with Crippen LogP contribution in [0.1, 0.15) is 39.1 Å². The van der Waals surface area contributed by atoms with Crippen molar-refractivity contribution in [3.05, 3.63) is 77.2 Å². The minimum atomic E-state index is -0.494. The molecule has 0 atom stereocenters. The van der Waals surface area contributed by atoms with Gasteiger partial charge in [-0.15, -0.1) is 0 Å². The normalized spacial score (nSPS) is 12.8. The van der Waals surface area contributed by atoms with Crippen molar-refractivity contribution < 1.29 is 23.5 Å². The number of halogens is 1. The Balaban J connectivity index is 1.59. The Bertz CT molecular complexity index is 1140. The Morgan fingerprint density at radius 1 is 1.19 bits per heavy atom. The van der Waals surface area contributed by atoms with E-state index in [2.05, 4.69) is 10.3 Å². The van der Waals surface area contributed by atoms with Crippen molar-refractivity contribution in [1.82, 2.24) is 10.3 Å². The zero-order chi connectivity index (χ0) is 22.5. The second-order valence-electron chi connectivity index (χ2n) is 7.68. The summed E-state index contributed by atoms with van der Waals surface area (Å²) in [6.45, 7) is 0.682. The average molecular weight is 434 g/mol. The predicted molar refractivity (Wildman–Crippen MR) is 117 cm³/mol. The number of benzene rings is 2. The highest BCUT2D eigenvalue weighted by atomic mass is 19.1. The molecular formula is C25H23FN2O4. The summed E-state index contributed by atoms with van der Waals surface area (Å²) in [6, 6.07) is 13.1. The highest BCUT2D eigenvalue weighted by Gasteiger charge is 2.23. The molecule has 1 fully saturated rings. The van der Waals surface area contributed by atoms with E-state index < -0.39 is 5.82 Å². The van der Waals surface area contributed by atoms with E-state index in [-0.39, 0.29) is 18.2 Å². The van der Waals surface area contributed by atoms with Crippen LogP contribution in [0.15, 0.2) is 54.7 Å². The van der Waals surface area contributed by atoms with Crippen molar-refractivity contribution in [1.29, 1.82) is 0 Å². The van der Waals surface area contributed by atoms with Crippen molar-refractivity contribution in [2.45, 2.75) is 19.4 Å². The highest BCUT2D eigenvalue weighted by molar-refractivity contribution is 5.98. The lowest BCUT2D eigenvalue weighted by atomic mass is 10.0. The number of carbonyl (C=O) groups is 2. The van der Waals surface area contributed by atoms with E-state index in [0.29, 0.717) is 46.2 Å². The van der Waals surface area contributed by atoms with Gasteiger partial charge in [-0.3, -0.25) is 14.6 Å². The topological polar surface area (TPSA) is 77.5 Å². The summed E-state index contributed by atoms with van der Waals surface area (Å²) < 4.78 is 24.8. The summed E-state index contributed by atoms with van der Waals surface area (Å²) in [5.41, 5.74) is 2.48. The summed E-state index contributed by atoms with van der Waals surface area (Å²) in [5, 5.41) is 2.81. The van der Waals surface area contributed by atoms with Gasteiger partial charge in [0.15, 0.2) is 17.9 Å². The Labute approximate surface area is 185 Å². The Hall–Kier alpha value is -3.74. The third kappa shape index (κ3) is 4.94. The average Bonchev–Trinajstić information content (AvgIpc) is 3.66. The number of hydrogen-bond acceptors (Lipinski definition) is 5. The van der Waals surface area contributed by atoms with Gasteiger partial charge in [0.2, 0.25) is 0 Å². The van der Waals surface area contributed by atoms with Gasteiger partial charge in [0, 0.05) is 23.9 Å². The molecule has 1 aromatic heterocycles. The number of amides is 1. The van der Waals surface area contributed by atoms with Crippen molar-refractivity contribution in [2.75, 3.05) is 13.7 Å². The third-order valence-electron chi connectivity index (χ3n) is 5.30. The Kier molecular flexibility index (Phi) is 6.44. The van der Waals surface area contributed by atoms with Crippen LogP contribution in [0.4, 0.5) is 4.39 Å². The van der Waals surface area contributed by atoms with Crippen LogP contribution < -0.4 is 14.8 Å². The molecule has 1 N–H and O–H groups in total. The van der Waals surface area contributed by atoms with E-state index in [4.69, 9.17) is 9.47 Å². The first-order valence-electron chi connectivity index (χ1n) is 10.4. The molecule has 0 saturated heterocycles. The van der Waals surface area contributed by atoms with E-state index in [1.165, 1.54) is 19.2 Å². The van der Waals surface area contributed by atoms with Crippen LogP contribution in [0.25, 0.3) is 11.3 Å². The maximum absolute atomic E-state index is 14.0. The number of nitrogens with zero attached hydrogens (tertiary/aromatic N) is 1. The van der Waals surface area contributed by atoms with E-state index in [1.54, 1.807) is 42.6 Å². The van der Waals surface area contributed by atoms with Crippen LogP contribution in [0.3, 0.4) is 0 Å². The number of aldehydes is 1. The van der Waals surface area contributed by atoms with E-state index in [1.807, 2.05) is 0 Å². The lowest BCUT2D eigenvalue weighted by Crippen LogP contribution is -2.24. The molecule has 0 unspecified atom stereocenters. The Morgan fingerprint density at radius 2 is 2.00 bits per heavy atom. The van der Waals surface area contributed by atoms with Gasteiger partial charge in [-0.2, -0.15) is 0 Å². The van der Waals surface area contributed by atoms with Gasteiger partial charge in [0.1, 0.15) is 5.75 Å². The minimum absolute atomic E-state index is 0.134. The number of methoxy groups -OCH3 is 1. The molecule has 1 aliphatic carbocycles. The fourth-order valence-electron chi connectivity index (χ4n) is 3.32. The first-order valence-corrected chi connectivity index (χ1v) is 10.4. The fraction of sp³-hybridized carbons (Fsp3) is 0.240. The Morgan fingerprint density at radius 3 is 2.72 bits per heavy atom. The van der Waals surface area contributed by atoms with E-state index in [0.717, 1.165) is 19.1 Å². The van der Waals surface area contributed by atoms with Crippen molar-refractivity contribution >= 4 is 12.2 Å². The molecule has 1 saturated carbocycles. The van der Waals surface area contributed by atoms with Crippen LogP contribution in [-0.4, -0.2) is 30.9 Å². The largest absolute Gasteiger partial charge is 0.494 e. The van der Waals surface area contributed by atoms with Gasteiger partial charge in [0.05, 0.1) is 25.0 Å². The van der Waals surface area contributed by atoms with Crippen LogP contribution in [0.2, 0.25) is 0 Å². The van der Waals surface area contributed by atoms with Gasteiger partial charge in [-0.25, -0.2) is 4.39 Å². The van der Waals surface area contributed by atoms with Gasteiger partial charge < -0.3 is 14.8 Å². The monoisotopic (exact) mass is 434 g/mol. The van der Waals surface area contributed by atoms with Crippen LogP contribution in [-0.2, 0) is 6.54 Å². The fourth-order valence-corrected chi connectivity index (χ4v) is 3.32. The minimum Gasteiger partial charge on any atom is -0.494 e. The lowest BCUT2D eigenvalue weighted by Gasteiger charge is -2.14. The number of aromatic nitrogens is 1. The summed E-state index contributed by atoms with van der Waals surface area (Å²) in [6.07, 6.45) is 4.58. The lowest BCUT2D eigenvalue weighted by molar-refractivity contribution is 0.0946. The highest BCUT2D eigenvalue weighted by Crippen LogP contribution is 2.32. The quantitative estimate of drug-likeness (QED) is 0.504. The molecule has 0 spiro atoms. The SMILES string of the molecule is COc1ccc(CNC(=O)c2cc(-c3ncccc3C=O)ccc2OCC2CC2)cc1F. The number of ether oxygens (including phenoxy) is 2. The standard InChI is InChI=1S/C25H23FN2O4/c1-31-23-8-6-17(11-21(23)26)13-28-25(30)20-12-18(24-19(14-29)3-2-10-27-24)7-9-22(20)32-15-16-4-5-16/h2-3,6-12,14,16H,4-5,13,15H2,1H3,(H,28,30). The molecule has 164 valence electrons. The molecule has 7 heteroatoms. The first-order chi connectivity index (χ1) is 15.6. The van der Waals surface area contributed by atoms with E-state index in [9.17, 15) is 14.0 Å². The zero-order valence-corrected chi connectivity index (χ0v) is 17.6. The number of nitrogens with one attached hydrogen (secondary N) is 1. The second-order valence-corrected chi connectivity index (χ2v) is 7.68. The summed E-state index contributed by atoms with van der Waals surface area (Å²) >= 11 is 0. The number of rotatable bonds is 9. The molecule has 2 aromatic carbocycles. The van der Waals surface area contributed by atoms with Crippen LogP contribution in [0, 0.1) is 11.7 Å². The van der Waals surface area contributed by atoms with Crippen molar-refractivity contribution in [2.24, 2.45) is 5.92 Å². The van der Waals surface area contributed by atoms with Crippen molar-refractivity contribution in [3.8, 4) is 22.8 Å². The molecule has 1 aliphatic rings. The predicted octanol–water partition coefficient (Wildman–Crippen LogP) is 4.43. The van der Waals surface area contributed by atoms with E-state index >= 15 is 0 Å². The first kappa shape index (κ1) is 21.5. The molecule has 3 aromatic rings. The van der Waals surface area contributed by atoms with Crippen molar-refractivity contribution in [3.63, 3.8) is 0 Å². The molecule has 32 heavy (non-hydrogen) atoms. The second kappa shape index (κ2) is 9.60. The maximum Gasteiger partial charge on any atom is 0.255 e. The van der Waals surface area contributed by atoms with Crippen LogP contribution >= 0.6 is 0 Å².